The average molecular weight is 406 g/mol. The fraction of sp³-hybridized carbons (Fsp3) is 0.600. The highest BCUT2D eigenvalue weighted by molar-refractivity contribution is 7.90. The van der Waals surface area contributed by atoms with Gasteiger partial charge in [-0.15, -0.1) is 0 Å². The molecule has 0 amide bonds. The molecule has 7 nitrogen and oxygen atoms in total. The Balaban J connectivity index is 1.63. The van der Waals surface area contributed by atoms with Crippen molar-refractivity contribution < 1.29 is 8.42 Å². The molecular weight excluding hydrogens is 374 g/mol. The molecule has 0 spiro atoms. The number of hydrogen-bond acceptors (Lipinski definition) is 6. The van der Waals surface area contributed by atoms with E-state index in [2.05, 4.69) is 46.6 Å². The highest BCUT2D eigenvalue weighted by atomic mass is 32.2. The number of rotatable bonds is 7. The minimum atomic E-state index is -3.33. The van der Waals surface area contributed by atoms with E-state index >= 15 is 0 Å². The van der Waals surface area contributed by atoms with Crippen molar-refractivity contribution in [2.45, 2.75) is 45.6 Å². The Morgan fingerprint density at radius 3 is 2.29 bits per heavy atom. The highest BCUT2D eigenvalue weighted by Gasteiger charge is 2.23. The number of sulfone groups is 1. The maximum atomic E-state index is 12.1. The van der Waals surface area contributed by atoms with E-state index < -0.39 is 9.84 Å². The minimum absolute atomic E-state index is 0.181. The van der Waals surface area contributed by atoms with Gasteiger partial charge in [-0.3, -0.25) is 14.8 Å². The monoisotopic (exact) mass is 405 g/mol. The van der Waals surface area contributed by atoms with Crippen LogP contribution in [0, 0.1) is 12.8 Å². The number of pyridine rings is 1. The van der Waals surface area contributed by atoms with Crippen molar-refractivity contribution in [1.82, 2.24) is 24.3 Å². The van der Waals surface area contributed by atoms with Crippen LogP contribution >= 0.6 is 0 Å². The van der Waals surface area contributed by atoms with Crippen LogP contribution in [0.1, 0.15) is 30.8 Å². The molecule has 0 atom stereocenters. The Bertz CT molecular complexity index is 899. The lowest BCUT2D eigenvalue weighted by Gasteiger charge is -2.34. The molecule has 1 aliphatic rings. The minimum Gasteiger partial charge on any atom is -0.317 e. The molecule has 0 radical (unpaired) electrons. The molecule has 0 N–H and O–H groups in total. The van der Waals surface area contributed by atoms with Gasteiger partial charge in [0.1, 0.15) is 0 Å². The summed E-state index contributed by atoms with van der Waals surface area (Å²) in [5.41, 5.74) is 3.35. The van der Waals surface area contributed by atoms with Crippen LogP contribution in [0.3, 0.4) is 0 Å². The molecule has 0 saturated carbocycles. The summed E-state index contributed by atoms with van der Waals surface area (Å²) in [4.78, 5) is 13.5. The molecular formula is C20H31N5O2S. The molecule has 154 valence electrons. The summed E-state index contributed by atoms with van der Waals surface area (Å²) in [5.74, 6) is 0.354. The smallest absolute Gasteiger partial charge is 0.227 e. The van der Waals surface area contributed by atoms with E-state index in [1.165, 1.54) is 11.8 Å². The van der Waals surface area contributed by atoms with Crippen molar-refractivity contribution in [3.05, 3.63) is 41.5 Å². The van der Waals surface area contributed by atoms with Crippen molar-refractivity contribution >= 4 is 9.84 Å². The summed E-state index contributed by atoms with van der Waals surface area (Å²) in [7, 11) is -3.33. The van der Waals surface area contributed by atoms with Gasteiger partial charge in [0.25, 0.3) is 0 Å². The molecule has 0 aliphatic carbocycles. The lowest BCUT2D eigenvalue weighted by Crippen LogP contribution is -2.45. The Morgan fingerprint density at radius 2 is 1.71 bits per heavy atom. The van der Waals surface area contributed by atoms with Crippen molar-refractivity contribution in [1.29, 1.82) is 0 Å². The normalized spacial score (nSPS) is 16.8. The van der Waals surface area contributed by atoms with Crippen molar-refractivity contribution in [3.8, 4) is 0 Å². The molecule has 3 heterocycles. The summed E-state index contributed by atoms with van der Waals surface area (Å²) in [6.07, 6.45) is 4.81. The van der Waals surface area contributed by atoms with Gasteiger partial charge in [0.15, 0.2) is 0 Å². The summed E-state index contributed by atoms with van der Waals surface area (Å²) in [5, 5.41) is 0.181. The van der Waals surface area contributed by atoms with Gasteiger partial charge in [-0.05, 0) is 24.5 Å². The first-order valence-electron chi connectivity index (χ1n) is 9.83. The van der Waals surface area contributed by atoms with Gasteiger partial charge in [-0.1, -0.05) is 19.9 Å². The van der Waals surface area contributed by atoms with E-state index in [-0.39, 0.29) is 5.16 Å². The number of hydrogen-bond donors (Lipinski definition) is 0. The molecule has 0 bridgehead atoms. The first-order chi connectivity index (χ1) is 13.2. The van der Waals surface area contributed by atoms with Crippen molar-refractivity contribution in [3.63, 3.8) is 0 Å². The lowest BCUT2D eigenvalue weighted by molar-refractivity contribution is 0.118. The highest BCUT2D eigenvalue weighted by Crippen LogP contribution is 2.17. The van der Waals surface area contributed by atoms with Crippen LogP contribution in [0.5, 0.6) is 0 Å². The van der Waals surface area contributed by atoms with Crippen LogP contribution in [-0.2, 0) is 29.5 Å². The Kier molecular flexibility index (Phi) is 6.52. The van der Waals surface area contributed by atoms with Gasteiger partial charge in [-0.25, -0.2) is 13.4 Å². The fourth-order valence-electron chi connectivity index (χ4n) is 3.60. The van der Waals surface area contributed by atoms with Crippen LogP contribution < -0.4 is 0 Å². The molecule has 0 aromatic carbocycles. The SMILES string of the molecule is Cc1cccnc1CN1CCN(Cc2cnc(S(C)(=O)=O)n2CC(C)C)CC1. The molecule has 1 fully saturated rings. The maximum absolute atomic E-state index is 12.1. The number of aromatic nitrogens is 3. The first kappa shape index (κ1) is 21.0. The number of imidazole rings is 1. The zero-order chi connectivity index (χ0) is 20.3. The molecule has 1 saturated heterocycles. The van der Waals surface area contributed by atoms with E-state index in [0.29, 0.717) is 12.5 Å². The summed E-state index contributed by atoms with van der Waals surface area (Å²) < 4.78 is 26.0. The molecule has 1 aliphatic heterocycles. The zero-order valence-corrected chi connectivity index (χ0v) is 18.1. The van der Waals surface area contributed by atoms with E-state index in [1.807, 2.05) is 16.8 Å². The van der Waals surface area contributed by atoms with Crippen molar-refractivity contribution in [2.75, 3.05) is 32.4 Å². The lowest BCUT2D eigenvalue weighted by atomic mass is 10.2. The number of nitrogens with zero attached hydrogens (tertiary/aromatic N) is 5. The molecule has 0 unspecified atom stereocenters. The number of aryl methyl sites for hydroxylation is 1. The van der Waals surface area contributed by atoms with Gasteiger partial charge in [0.05, 0.1) is 17.6 Å². The van der Waals surface area contributed by atoms with E-state index in [4.69, 9.17) is 0 Å². The van der Waals surface area contributed by atoms with Gasteiger partial charge in [0.2, 0.25) is 15.0 Å². The van der Waals surface area contributed by atoms with Gasteiger partial charge in [-0.2, -0.15) is 0 Å². The average Bonchev–Trinajstić information content (AvgIpc) is 3.00. The molecule has 8 heteroatoms. The van der Waals surface area contributed by atoms with E-state index in [9.17, 15) is 8.42 Å². The third kappa shape index (κ3) is 5.18. The van der Waals surface area contributed by atoms with Gasteiger partial charge in [0, 0.05) is 58.3 Å². The Labute approximate surface area is 168 Å². The fourth-order valence-corrected chi connectivity index (χ4v) is 4.44. The Hall–Kier alpha value is -1.77. The largest absolute Gasteiger partial charge is 0.317 e. The quantitative estimate of drug-likeness (QED) is 0.701. The predicted octanol–water partition coefficient (Wildman–Crippen LogP) is 1.96. The van der Waals surface area contributed by atoms with Crippen LogP contribution in [-0.4, -0.2) is 65.2 Å². The van der Waals surface area contributed by atoms with Crippen molar-refractivity contribution in [2.24, 2.45) is 5.92 Å². The first-order valence-corrected chi connectivity index (χ1v) is 11.7. The van der Waals surface area contributed by atoms with Crippen LogP contribution in [0.25, 0.3) is 0 Å². The van der Waals surface area contributed by atoms with E-state index in [1.54, 1.807) is 6.20 Å². The van der Waals surface area contributed by atoms with Crippen LogP contribution in [0.2, 0.25) is 0 Å². The maximum Gasteiger partial charge on any atom is 0.227 e. The van der Waals surface area contributed by atoms with Gasteiger partial charge >= 0.3 is 0 Å². The Morgan fingerprint density at radius 1 is 1.07 bits per heavy atom. The predicted molar refractivity (Wildman–Crippen MR) is 110 cm³/mol. The third-order valence-corrected chi connectivity index (χ3v) is 6.11. The summed E-state index contributed by atoms with van der Waals surface area (Å²) in [6, 6.07) is 4.08. The second-order valence-electron chi connectivity index (χ2n) is 8.13. The molecule has 2 aromatic heterocycles. The third-order valence-electron chi connectivity index (χ3n) is 5.12. The van der Waals surface area contributed by atoms with E-state index in [0.717, 1.165) is 50.7 Å². The number of piperazine rings is 1. The van der Waals surface area contributed by atoms with Gasteiger partial charge < -0.3 is 4.57 Å². The molecule has 28 heavy (non-hydrogen) atoms. The summed E-state index contributed by atoms with van der Waals surface area (Å²) in [6.45, 7) is 12.4. The second kappa shape index (κ2) is 8.71. The topological polar surface area (TPSA) is 71.3 Å². The summed E-state index contributed by atoms with van der Waals surface area (Å²) >= 11 is 0. The second-order valence-corrected chi connectivity index (χ2v) is 10.0. The van der Waals surface area contributed by atoms with Crippen LogP contribution in [0.4, 0.5) is 0 Å². The zero-order valence-electron chi connectivity index (χ0n) is 17.3. The molecule has 3 rings (SSSR count). The van der Waals surface area contributed by atoms with Crippen LogP contribution in [0.15, 0.2) is 29.7 Å². The molecule has 2 aromatic rings. The standard InChI is InChI=1S/C20H31N5O2S/c1-16(2)13-25-18(12-22-20(25)28(4,26)27)14-23-8-10-24(11-9-23)15-19-17(3)6-5-7-21-19/h5-7,12,16H,8-11,13-15H2,1-4H3.